The van der Waals surface area contributed by atoms with E-state index in [-0.39, 0.29) is 0 Å². The number of aromatic nitrogens is 4. The molecule has 1 aliphatic heterocycles. The first-order valence-electron chi connectivity index (χ1n) is 6.69. The lowest BCUT2D eigenvalue weighted by molar-refractivity contribution is 0.241. The molecule has 0 aromatic carbocycles. The van der Waals surface area contributed by atoms with Crippen LogP contribution in [0.1, 0.15) is 17.0 Å². The van der Waals surface area contributed by atoms with Gasteiger partial charge in [0, 0.05) is 37.8 Å². The largest absolute Gasteiger partial charge is 0.472 e. The number of aromatic amines is 2. The fraction of sp³-hybridized carbons (Fsp3) is 0.286. The summed E-state index contributed by atoms with van der Waals surface area (Å²) in [6.07, 6.45) is 8.14. The molecule has 0 radical (unpaired) electrons. The van der Waals surface area contributed by atoms with Gasteiger partial charge in [-0.1, -0.05) is 0 Å². The molecular weight excluding hydrogens is 254 g/mol. The van der Waals surface area contributed by atoms with Crippen LogP contribution in [0.4, 0.5) is 0 Å². The van der Waals surface area contributed by atoms with Crippen LogP contribution in [-0.4, -0.2) is 31.6 Å². The van der Waals surface area contributed by atoms with Gasteiger partial charge in [0.05, 0.1) is 35.7 Å². The van der Waals surface area contributed by atoms with Gasteiger partial charge in [-0.15, -0.1) is 0 Å². The second-order valence-electron chi connectivity index (χ2n) is 5.09. The van der Waals surface area contributed by atoms with Gasteiger partial charge in [0.2, 0.25) is 0 Å². The summed E-state index contributed by atoms with van der Waals surface area (Å²) in [5.41, 5.74) is 4.59. The zero-order valence-corrected chi connectivity index (χ0v) is 11.0. The Kier molecular flexibility index (Phi) is 2.67. The zero-order valence-electron chi connectivity index (χ0n) is 11.0. The molecule has 0 bridgehead atoms. The lowest BCUT2D eigenvalue weighted by atomic mass is 10.1. The van der Waals surface area contributed by atoms with Gasteiger partial charge in [-0.05, 0) is 6.07 Å². The normalized spacial score (nSPS) is 15.4. The van der Waals surface area contributed by atoms with Crippen molar-refractivity contribution in [2.75, 3.05) is 6.54 Å². The summed E-state index contributed by atoms with van der Waals surface area (Å²) in [6.45, 7) is 2.83. The van der Waals surface area contributed by atoms with Gasteiger partial charge >= 0.3 is 0 Å². The van der Waals surface area contributed by atoms with Crippen LogP contribution in [0.3, 0.4) is 0 Å². The van der Waals surface area contributed by atoms with Crippen molar-refractivity contribution in [3.05, 3.63) is 47.9 Å². The monoisotopic (exact) mass is 269 g/mol. The second-order valence-corrected chi connectivity index (χ2v) is 5.09. The average Bonchev–Trinajstić information content (AvgIpc) is 3.19. The summed E-state index contributed by atoms with van der Waals surface area (Å²) in [5, 5.41) is 6.78. The maximum atomic E-state index is 5.12. The molecule has 0 amide bonds. The Morgan fingerprint density at radius 1 is 1.40 bits per heavy atom. The van der Waals surface area contributed by atoms with Crippen LogP contribution in [0, 0.1) is 0 Å². The van der Waals surface area contributed by atoms with E-state index in [4.69, 9.17) is 4.42 Å². The van der Waals surface area contributed by atoms with Crippen LogP contribution in [0.25, 0.3) is 11.4 Å². The molecular formula is C14H15N5O. The number of hydrogen-bond donors (Lipinski definition) is 2. The van der Waals surface area contributed by atoms with Crippen molar-refractivity contribution in [1.82, 2.24) is 25.1 Å². The Hall–Kier alpha value is -2.34. The predicted molar refractivity (Wildman–Crippen MR) is 72.7 cm³/mol. The van der Waals surface area contributed by atoms with Gasteiger partial charge in [-0.2, -0.15) is 5.10 Å². The van der Waals surface area contributed by atoms with Gasteiger partial charge < -0.3 is 9.40 Å². The third-order valence-corrected chi connectivity index (χ3v) is 3.67. The molecule has 1 aliphatic rings. The molecule has 0 aliphatic carbocycles. The van der Waals surface area contributed by atoms with Gasteiger partial charge in [-0.3, -0.25) is 10.00 Å². The maximum Gasteiger partial charge on any atom is 0.141 e. The highest BCUT2D eigenvalue weighted by Crippen LogP contribution is 2.23. The Balaban J connectivity index is 1.54. The maximum absolute atomic E-state index is 5.12. The summed E-state index contributed by atoms with van der Waals surface area (Å²) in [5.74, 6) is 0.897. The summed E-state index contributed by atoms with van der Waals surface area (Å²) in [4.78, 5) is 10.5. The summed E-state index contributed by atoms with van der Waals surface area (Å²) in [6, 6.07) is 2.01. The smallest absolute Gasteiger partial charge is 0.141 e. The van der Waals surface area contributed by atoms with Crippen molar-refractivity contribution in [3.63, 3.8) is 0 Å². The number of imidazole rings is 1. The van der Waals surface area contributed by atoms with E-state index in [0.717, 1.165) is 37.4 Å². The van der Waals surface area contributed by atoms with E-state index in [9.17, 15) is 0 Å². The van der Waals surface area contributed by atoms with E-state index in [2.05, 4.69) is 25.1 Å². The Labute approximate surface area is 115 Å². The molecule has 0 saturated heterocycles. The summed E-state index contributed by atoms with van der Waals surface area (Å²) in [7, 11) is 0. The van der Waals surface area contributed by atoms with Gasteiger partial charge in [0.1, 0.15) is 5.82 Å². The number of nitrogens with one attached hydrogen (secondary N) is 2. The highest BCUT2D eigenvalue weighted by atomic mass is 16.3. The molecule has 0 saturated carbocycles. The van der Waals surface area contributed by atoms with Crippen LogP contribution in [0.5, 0.6) is 0 Å². The van der Waals surface area contributed by atoms with Crippen molar-refractivity contribution in [2.24, 2.45) is 0 Å². The average molecular weight is 269 g/mol. The minimum atomic E-state index is 0.894. The molecule has 2 N–H and O–H groups in total. The number of fused-ring (bicyclic) bond motifs is 1. The van der Waals surface area contributed by atoms with E-state index in [1.54, 1.807) is 18.7 Å². The van der Waals surface area contributed by atoms with Crippen molar-refractivity contribution >= 4 is 0 Å². The van der Waals surface area contributed by atoms with Crippen LogP contribution < -0.4 is 0 Å². The first-order chi connectivity index (χ1) is 9.88. The fourth-order valence-corrected chi connectivity index (χ4v) is 2.64. The number of hydrogen-bond acceptors (Lipinski definition) is 4. The molecule has 0 unspecified atom stereocenters. The number of rotatable bonds is 3. The van der Waals surface area contributed by atoms with E-state index in [1.807, 2.05) is 12.3 Å². The summed E-state index contributed by atoms with van der Waals surface area (Å²) < 4.78 is 5.12. The molecule has 6 nitrogen and oxygen atoms in total. The third kappa shape index (κ3) is 2.04. The topological polar surface area (TPSA) is 73.7 Å². The summed E-state index contributed by atoms with van der Waals surface area (Å²) >= 11 is 0. The van der Waals surface area contributed by atoms with Crippen LogP contribution in [-0.2, 0) is 19.5 Å². The standard InChI is InChI=1S/C14H15N5O/c1-3-19(7-10-2-4-20-9-10)8-13-12(1)17-14(18-13)11-5-15-16-6-11/h2,4-6,9H,1,3,7-8H2,(H,15,16)(H,17,18). The molecule has 0 atom stereocenters. The SMILES string of the molecule is c1cc(CN2CCc3nc(-c4cn[nH]c4)[nH]c3C2)co1. The minimum absolute atomic E-state index is 0.894. The van der Waals surface area contributed by atoms with Crippen LogP contribution >= 0.6 is 0 Å². The number of nitrogens with zero attached hydrogens (tertiary/aromatic N) is 3. The van der Waals surface area contributed by atoms with Gasteiger partial charge in [0.25, 0.3) is 0 Å². The van der Waals surface area contributed by atoms with Crippen LogP contribution in [0.15, 0.2) is 35.4 Å². The van der Waals surface area contributed by atoms with Crippen molar-refractivity contribution < 1.29 is 4.42 Å². The third-order valence-electron chi connectivity index (χ3n) is 3.67. The van der Waals surface area contributed by atoms with Gasteiger partial charge in [0.15, 0.2) is 0 Å². The van der Waals surface area contributed by atoms with Gasteiger partial charge in [-0.25, -0.2) is 4.98 Å². The Bertz CT molecular complexity index is 683. The van der Waals surface area contributed by atoms with E-state index in [0.29, 0.717) is 0 Å². The molecule has 4 rings (SSSR count). The molecule has 0 spiro atoms. The molecule has 20 heavy (non-hydrogen) atoms. The quantitative estimate of drug-likeness (QED) is 0.762. The molecule has 0 fully saturated rings. The molecule has 4 heterocycles. The van der Waals surface area contributed by atoms with Crippen LogP contribution in [0.2, 0.25) is 0 Å². The molecule has 3 aromatic heterocycles. The fourth-order valence-electron chi connectivity index (χ4n) is 2.64. The lowest BCUT2D eigenvalue weighted by Crippen LogP contribution is -2.29. The first-order valence-corrected chi connectivity index (χ1v) is 6.69. The lowest BCUT2D eigenvalue weighted by Gasteiger charge is -2.25. The van der Waals surface area contributed by atoms with Crippen molar-refractivity contribution in [2.45, 2.75) is 19.5 Å². The predicted octanol–water partition coefficient (Wildman–Crippen LogP) is 1.95. The highest BCUT2D eigenvalue weighted by molar-refractivity contribution is 5.53. The zero-order chi connectivity index (χ0) is 13.4. The Morgan fingerprint density at radius 2 is 2.40 bits per heavy atom. The van der Waals surface area contributed by atoms with E-state index in [1.165, 1.54) is 17.0 Å². The second kappa shape index (κ2) is 4.64. The number of H-pyrrole nitrogens is 2. The minimum Gasteiger partial charge on any atom is -0.472 e. The van der Waals surface area contributed by atoms with Crippen molar-refractivity contribution in [1.29, 1.82) is 0 Å². The van der Waals surface area contributed by atoms with E-state index >= 15 is 0 Å². The van der Waals surface area contributed by atoms with E-state index < -0.39 is 0 Å². The Morgan fingerprint density at radius 3 is 3.20 bits per heavy atom. The van der Waals surface area contributed by atoms with Crippen molar-refractivity contribution in [3.8, 4) is 11.4 Å². The molecule has 3 aromatic rings. The number of furan rings is 1. The molecule has 6 heteroatoms. The first kappa shape index (κ1) is 11.5. The highest BCUT2D eigenvalue weighted by Gasteiger charge is 2.21. The molecule has 102 valence electrons.